The van der Waals surface area contributed by atoms with Crippen LogP contribution in [0.15, 0.2) is 77.7 Å². The van der Waals surface area contributed by atoms with E-state index in [4.69, 9.17) is 9.47 Å². The lowest BCUT2D eigenvalue weighted by Crippen LogP contribution is -2.39. The van der Waals surface area contributed by atoms with Crippen molar-refractivity contribution in [3.8, 4) is 22.6 Å². The molecule has 0 bridgehead atoms. The van der Waals surface area contributed by atoms with E-state index in [9.17, 15) is 13.2 Å². The highest BCUT2D eigenvalue weighted by molar-refractivity contribution is 7.89. The van der Waals surface area contributed by atoms with Crippen LogP contribution in [0.25, 0.3) is 11.1 Å². The number of sulfonamides is 1. The molecule has 0 saturated carbocycles. The number of nitrogens with zero attached hydrogens (tertiary/aromatic N) is 1. The number of rotatable bonds is 7. The van der Waals surface area contributed by atoms with Gasteiger partial charge >= 0.3 is 0 Å². The van der Waals surface area contributed by atoms with Crippen molar-refractivity contribution in [2.24, 2.45) is 0 Å². The molecule has 0 aliphatic carbocycles. The molecule has 1 aliphatic rings. The predicted molar refractivity (Wildman–Crippen MR) is 130 cm³/mol. The molecular weight excluding hydrogens is 452 g/mol. The highest BCUT2D eigenvalue weighted by atomic mass is 32.2. The molecule has 0 spiro atoms. The Morgan fingerprint density at radius 2 is 1.59 bits per heavy atom. The molecule has 8 heteroatoms. The summed E-state index contributed by atoms with van der Waals surface area (Å²) in [6.07, 6.45) is 0.726. The van der Waals surface area contributed by atoms with Gasteiger partial charge < -0.3 is 14.8 Å². The minimum Gasteiger partial charge on any atom is -0.490 e. The first kappa shape index (κ1) is 23.8. The van der Waals surface area contributed by atoms with Gasteiger partial charge in [0.1, 0.15) is 0 Å². The number of hydrogen-bond acceptors (Lipinski definition) is 5. The van der Waals surface area contributed by atoms with Crippen molar-refractivity contribution in [1.82, 2.24) is 9.62 Å². The van der Waals surface area contributed by atoms with Gasteiger partial charge in [0, 0.05) is 19.5 Å². The molecule has 0 aromatic heterocycles. The number of likely N-dealkylation sites (N-methyl/N-ethyl adjacent to an activating group) is 1. The first-order chi connectivity index (χ1) is 16.3. The van der Waals surface area contributed by atoms with Crippen LogP contribution >= 0.6 is 0 Å². The Kier molecular flexibility index (Phi) is 7.19. The first-order valence-electron chi connectivity index (χ1n) is 11.2. The lowest BCUT2D eigenvalue weighted by Gasteiger charge is -2.20. The molecule has 3 aromatic rings. The molecule has 4 rings (SSSR count). The number of nitrogens with one attached hydrogen (secondary N) is 1. The van der Waals surface area contributed by atoms with Gasteiger partial charge in [0.05, 0.1) is 30.7 Å². The molecule has 7 nitrogen and oxygen atoms in total. The fourth-order valence-electron chi connectivity index (χ4n) is 3.74. The van der Waals surface area contributed by atoms with Crippen LogP contribution in [0.2, 0.25) is 0 Å². The zero-order valence-electron chi connectivity index (χ0n) is 19.2. The third kappa shape index (κ3) is 5.40. The van der Waals surface area contributed by atoms with Crippen molar-refractivity contribution in [2.75, 3.05) is 26.8 Å². The number of fused-ring (bicyclic) bond motifs is 1. The molecule has 178 valence electrons. The molecule has 1 N–H and O–H groups in total. The van der Waals surface area contributed by atoms with Gasteiger partial charge in [-0.05, 0) is 35.7 Å². The average Bonchev–Trinajstić information content (AvgIpc) is 3.09. The van der Waals surface area contributed by atoms with Crippen molar-refractivity contribution in [1.29, 1.82) is 0 Å². The summed E-state index contributed by atoms with van der Waals surface area (Å²) < 4.78 is 38.2. The van der Waals surface area contributed by atoms with E-state index in [-0.39, 0.29) is 23.4 Å². The smallest absolute Gasteiger partial charge is 0.243 e. The van der Waals surface area contributed by atoms with Gasteiger partial charge in [0.2, 0.25) is 15.9 Å². The quantitative estimate of drug-likeness (QED) is 0.552. The molecule has 0 radical (unpaired) electrons. The van der Waals surface area contributed by atoms with E-state index in [1.54, 1.807) is 6.07 Å². The second-order valence-electron chi connectivity index (χ2n) is 8.20. The minimum absolute atomic E-state index is 0.0524. The van der Waals surface area contributed by atoms with Gasteiger partial charge in [-0.25, -0.2) is 8.42 Å². The van der Waals surface area contributed by atoms with E-state index >= 15 is 0 Å². The molecular formula is C26H28N2O5S. The van der Waals surface area contributed by atoms with Crippen LogP contribution in [-0.2, 0) is 14.8 Å². The number of hydrogen-bond donors (Lipinski definition) is 1. The fourth-order valence-corrected chi connectivity index (χ4v) is 4.88. The minimum atomic E-state index is -3.88. The summed E-state index contributed by atoms with van der Waals surface area (Å²) >= 11 is 0. The Balaban J connectivity index is 1.39. The zero-order valence-corrected chi connectivity index (χ0v) is 20.0. The monoisotopic (exact) mass is 480 g/mol. The van der Waals surface area contributed by atoms with E-state index in [1.807, 2.05) is 61.5 Å². The number of carbonyl (C=O) groups excluding carboxylic acids is 1. The maximum absolute atomic E-state index is 13.0. The molecule has 3 aromatic carbocycles. The van der Waals surface area contributed by atoms with E-state index in [1.165, 1.54) is 19.2 Å². The maximum Gasteiger partial charge on any atom is 0.243 e. The Morgan fingerprint density at radius 3 is 2.29 bits per heavy atom. The van der Waals surface area contributed by atoms with E-state index in [0.29, 0.717) is 24.7 Å². The van der Waals surface area contributed by atoms with Crippen molar-refractivity contribution >= 4 is 15.9 Å². The average molecular weight is 481 g/mol. The van der Waals surface area contributed by atoms with Crippen LogP contribution in [0.1, 0.15) is 24.9 Å². The number of benzene rings is 3. The maximum atomic E-state index is 13.0. The number of amides is 1. The van der Waals surface area contributed by atoms with Crippen LogP contribution in [0.3, 0.4) is 0 Å². The van der Waals surface area contributed by atoms with Gasteiger partial charge in [-0.15, -0.1) is 0 Å². The van der Waals surface area contributed by atoms with Crippen molar-refractivity contribution in [2.45, 2.75) is 24.3 Å². The fraction of sp³-hybridized carbons (Fsp3) is 0.269. The van der Waals surface area contributed by atoms with E-state index in [0.717, 1.165) is 27.4 Å². The summed E-state index contributed by atoms with van der Waals surface area (Å²) in [7, 11) is -2.49. The molecule has 1 aliphatic heterocycles. The zero-order chi connectivity index (χ0) is 24.1. The van der Waals surface area contributed by atoms with Gasteiger partial charge in [-0.1, -0.05) is 54.6 Å². The normalized spacial score (nSPS) is 14.3. The van der Waals surface area contributed by atoms with Crippen molar-refractivity contribution < 1.29 is 22.7 Å². The number of carbonyl (C=O) groups is 1. The Labute approximate surface area is 200 Å². The lowest BCUT2D eigenvalue weighted by molar-refractivity contribution is -0.121. The Bertz CT molecular complexity index is 1240. The van der Waals surface area contributed by atoms with Crippen LogP contribution in [-0.4, -0.2) is 45.4 Å². The SMILES string of the molecule is CC(NC(=O)CN(C)S(=O)(=O)c1ccc2c(c1)OCCCO2)c1ccc(-c2ccccc2)cc1. The number of ether oxygens (including phenoxy) is 2. The van der Waals surface area contributed by atoms with Crippen molar-refractivity contribution in [3.63, 3.8) is 0 Å². The molecule has 1 heterocycles. The highest BCUT2D eigenvalue weighted by Crippen LogP contribution is 2.32. The molecule has 0 fully saturated rings. The second kappa shape index (κ2) is 10.3. The Morgan fingerprint density at radius 1 is 0.941 bits per heavy atom. The molecule has 1 amide bonds. The second-order valence-corrected chi connectivity index (χ2v) is 10.2. The van der Waals surface area contributed by atoms with Crippen LogP contribution in [0.5, 0.6) is 11.5 Å². The summed E-state index contributed by atoms with van der Waals surface area (Å²) in [6.45, 7) is 2.54. The molecule has 1 unspecified atom stereocenters. The first-order valence-corrected chi connectivity index (χ1v) is 12.6. The van der Waals surface area contributed by atoms with E-state index < -0.39 is 10.0 Å². The largest absolute Gasteiger partial charge is 0.490 e. The topological polar surface area (TPSA) is 84.9 Å². The van der Waals surface area contributed by atoms with Gasteiger partial charge in [-0.2, -0.15) is 4.31 Å². The van der Waals surface area contributed by atoms with Crippen LogP contribution < -0.4 is 14.8 Å². The standard InChI is InChI=1S/C26H28N2O5S/c1-19(20-9-11-22(12-10-20)21-7-4-3-5-8-21)27-26(29)18-28(2)34(30,31)23-13-14-24-25(17-23)33-16-6-15-32-24/h3-5,7-14,17,19H,6,15-16,18H2,1-2H3,(H,27,29). The van der Waals surface area contributed by atoms with Crippen molar-refractivity contribution in [3.05, 3.63) is 78.4 Å². The third-order valence-corrected chi connectivity index (χ3v) is 7.49. The van der Waals surface area contributed by atoms with E-state index in [2.05, 4.69) is 5.32 Å². The highest BCUT2D eigenvalue weighted by Gasteiger charge is 2.25. The van der Waals surface area contributed by atoms with Gasteiger partial charge in [0.15, 0.2) is 11.5 Å². The predicted octanol–water partition coefficient (Wildman–Crippen LogP) is 4.01. The summed E-state index contributed by atoms with van der Waals surface area (Å²) in [5.74, 6) is 0.521. The van der Waals surface area contributed by atoms with Crippen LogP contribution in [0, 0.1) is 0 Å². The summed E-state index contributed by atoms with van der Waals surface area (Å²) in [5, 5.41) is 2.88. The lowest BCUT2D eigenvalue weighted by atomic mass is 10.0. The molecule has 1 atom stereocenters. The third-order valence-electron chi connectivity index (χ3n) is 5.69. The molecule has 0 saturated heterocycles. The Hall–Kier alpha value is -3.36. The molecule has 34 heavy (non-hydrogen) atoms. The summed E-state index contributed by atoms with van der Waals surface area (Å²) in [5.41, 5.74) is 3.14. The van der Waals surface area contributed by atoms with Gasteiger partial charge in [-0.3, -0.25) is 4.79 Å². The van der Waals surface area contributed by atoms with Crippen LogP contribution in [0.4, 0.5) is 0 Å². The van der Waals surface area contributed by atoms with Gasteiger partial charge in [0.25, 0.3) is 0 Å². The summed E-state index contributed by atoms with van der Waals surface area (Å²) in [6, 6.07) is 22.2. The summed E-state index contributed by atoms with van der Waals surface area (Å²) in [4.78, 5) is 12.7.